The molecule has 4 aromatic rings. The van der Waals surface area contributed by atoms with Crippen LogP contribution in [0.5, 0.6) is 0 Å². The summed E-state index contributed by atoms with van der Waals surface area (Å²) in [6, 6.07) is 19.5. The monoisotopic (exact) mass is 452 g/mol. The summed E-state index contributed by atoms with van der Waals surface area (Å²) in [4.78, 5) is 27.7. The first kappa shape index (κ1) is 22.9. The number of hydrogen-bond donors (Lipinski definition) is 2. The minimum Gasteiger partial charge on any atom is -0.388 e. The molecule has 172 valence electrons. The number of nitrogens with one attached hydrogen (secondary N) is 2. The summed E-state index contributed by atoms with van der Waals surface area (Å²) < 4.78 is 0. The van der Waals surface area contributed by atoms with Crippen molar-refractivity contribution in [1.82, 2.24) is 15.0 Å². The number of carbonyl (C=O) groups is 1. The van der Waals surface area contributed by atoms with Crippen molar-refractivity contribution in [2.24, 2.45) is 0 Å². The second-order valence-electron chi connectivity index (χ2n) is 8.00. The van der Waals surface area contributed by atoms with E-state index in [9.17, 15) is 4.79 Å². The van der Waals surface area contributed by atoms with Crippen molar-refractivity contribution in [3.8, 4) is 0 Å². The van der Waals surface area contributed by atoms with Gasteiger partial charge in [0.1, 0.15) is 11.3 Å². The number of para-hydroxylation sites is 1. The Morgan fingerprint density at radius 2 is 1.82 bits per heavy atom. The molecular weight excluding hydrogens is 424 g/mol. The first-order valence-corrected chi connectivity index (χ1v) is 11.1. The molecule has 0 aliphatic rings. The van der Waals surface area contributed by atoms with E-state index in [4.69, 9.17) is 0 Å². The van der Waals surface area contributed by atoms with Gasteiger partial charge in [0.15, 0.2) is 12.1 Å². The number of aldehydes is 1. The minimum absolute atomic E-state index is 0.164. The molecule has 7 heteroatoms. The van der Waals surface area contributed by atoms with Gasteiger partial charge in [-0.2, -0.15) is 0 Å². The van der Waals surface area contributed by atoms with Gasteiger partial charge in [0, 0.05) is 42.9 Å². The van der Waals surface area contributed by atoms with E-state index in [0.29, 0.717) is 22.7 Å². The van der Waals surface area contributed by atoms with Crippen LogP contribution in [0, 0.1) is 6.92 Å². The normalized spacial score (nSPS) is 12.3. The average molecular weight is 453 g/mol. The number of aryl methyl sites for hydroxylation is 1. The number of anilines is 3. The molecule has 0 saturated carbocycles. The topological polar surface area (TPSA) is 83.0 Å². The standard InChI is InChI=1S/C27H28N6O/c1-18(30-27-26-24(14-9-15-29-26)31-19(2)32-27)25(33(4)21-11-6-5-7-12-21)16-20-10-8-13-23(28-3)22(20)17-34/h5-18,28H,1-4H3,(H,30,31,32)/b25-16-/t18-/m0/s1. The smallest absolute Gasteiger partial charge is 0.156 e. The van der Waals surface area contributed by atoms with E-state index in [1.807, 2.05) is 75.6 Å². The summed E-state index contributed by atoms with van der Waals surface area (Å²) >= 11 is 0. The Balaban J connectivity index is 1.81. The summed E-state index contributed by atoms with van der Waals surface area (Å²) in [5, 5.41) is 6.64. The number of rotatable bonds is 8. The summed E-state index contributed by atoms with van der Waals surface area (Å²) in [7, 11) is 3.83. The molecular formula is C27H28N6O. The summed E-state index contributed by atoms with van der Waals surface area (Å²) in [6.45, 7) is 3.94. The van der Waals surface area contributed by atoms with Gasteiger partial charge in [0.05, 0.1) is 11.6 Å². The molecule has 0 saturated heterocycles. The van der Waals surface area contributed by atoms with Crippen LogP contribution in [-0.2, 0) is 0 Å². The zero-order valence-electron chi connectivity index (χ0n) is 19.8. The quantitative estimate of drug-likeness (QED) is 0.357. The highest BCUT2D eigenvalue weighted by Gasteiger charge is 2.19. The summed E-state index contributed by atoms with van der Waals surface area (Å²) in [6.07, 6.45) is 4.67. The zero-order chi connectivity index (χ0) is 24.1. The van der Waals surface area contributed by atoms with Crippen LogP contribution in [-0.4, -0.2) is 41.4 Å². The second kappa shape index (κ2) is 10.1. The van der Waals surface area contributed by atoms with Crippen LogP contribution < -0.4 is 15.5 Å². The molecule has 4 rings (SSSR count). The van der Waals surface area contributed by atoms with Crippen molar-refractivity contribution in [3.63, 3.8) is 0 Å². The lowest BCUT2D eigenvalue weighted by Crippen LogP contribution is -2.30. The van der Waals surface area contributed by atoms with E-state index < -0.39 is 0 Å². The van der Waals surface area contributed by atoms with E-state index in [1.54, 1.807) is 6.20 Å². The fourth-order valence-corrected chi connectivity index (χ4v) is 3.99. The van der Waals surface area contributed by atoms with Crippen LogP contribution in [0.4, 0.5) is 17.2 Å². The minimum atomic E-state index is -0.164. The Bertz CT molecular complexity index is 1340. The molecule has 0 fully saturated rings. The van der Waals surface area contributed by atoms with Crippen molar-refractivity contribution in [1.29, 1.82) is 0 Å². The lowest BCUT2D eigenvalue weighted by atomic mass is 10.0. The van der Waals surface area contributed by atoms with Crippen molar-refractivity contribution in [3.05, 3.63) is 89.5 Å². The van der Waals surface area contributed by atoms with E-state index in [0.717, 1.165) is 34.4 Å². The first-order valence-electron chi connectivity index (χ1n) is 11.1. The van der Waals surface area contributed by atoms with Gasteiger partial charge in [-0.3, -0.25) is 9.78 Å². The Morgan fingerprint density at radius 3 is 2.56 bits per heavy atom. The molecule has 7 nitrogen and oxygen atoms in total. The van der Waals surface area contributed by atoms with Crippen LogP contribution >= 0.6 is 0 Å². The molecule has 2 aromatic carbocycles. The highest BCUT2D eigenvalue weighted by atomic mass is 16.1. The number of carbonyl (C=O) groups excluding carboxylic acids is 1. The third-order valence-electron chi connectivity index (χ3n) is 5.72. The Hall–Kier alpha value is -4.26. The number of pyridine rings is 1. The molecule has 1 atom stereocenters. The summed E-state index contributed by atoms with van der Waals surface area (Å²) in [5.74, 6) is 1.34. The second-order valence-corrected chi connectivity index (χ2v) is 8.00. The van der Waals surface area contributed by atoms with Crippen LogP contribution in [0.3, 0.4) is 0 Å². The molecule has 0 aliphatic heterocycles. The first-order chi connectivity index (χ1) is 16.5. The number of likely N-dealkylation sites (N-methyl/N-ethyl adjacent to an activating group) is 1. The van der Waals surface area contributed by atoms with E-state index >= 15 is 0 Å². The number of fused-ring (bicyclic) bond motifs is 1. The van der Waals surface area contributed by atoms with Gasteiger partial charge in [-0.25, -0.2) is 9.97 Å². The maximum Gasteiger partial charge on any atom is 0.156 e. The fourth-order valence-electron chi connectivity index (χ4n) is 3.99. The van der Waals surface area contributed by atoms with Crippen molar-refractivity contribution in [2.75, 3.05) is 29.6 Å². The van der Waals surface area contributed by atoms with Gasteiger partial charge >= 0.3 is 0 Å². The number of hydrogen-bond acceptors (Lipinski definition) is 7. The van der Waals surface area contributed by atoms with Gasteiger partial charge in [-0.1, -0.05) is 30.3 Å². The van der Waals surface area contributed by atoms with Crippen molar-refractivity contribution >= 4 is 40.6 Å². The SMILES string of the molecule is CNc1cccc(/C=C(/[C@H](C)Nc2nc(C)nc3cccnc23)N(C)c2ccccc2)c1C=O. The van der Waals surface area contributed by atoms with Crippen LogP contribution in [0.2, 0.25) is 0 Å². The highest BCUT2D eigenvalue weighted by molar-refractivity contribution is 5.91. The van der Waals surface area contributed by atoms with Crippen molar-refractivity contribution in [2.45, 2.75) is 19.9 Å². The maximum absolute atomic E-state index is 11.9. The molecule has 2 heterocycles. The van der Waals surface area contributed by atoms with Crippen LogP contribution in [0.25, 0.3) is 17.1 Å². The molecule has 0 bridgehead atoms. The molecule has 0 unspecified atom stereocenters. The zero-order valence-corrected chi connectivity index (χ0v) is 19.8. The van der Waals surface area contributed by atoms with Crippen molar-refractivity contribution < 1.29 is 4.79 Å². The highest BCUT2D eigenvalue weighted by Crippen LogP contribution is 2.27. The predicted molar refractivity (Wildman–Crippen MR) is 139 cm³/mol. The Kier molecular flexibility index (Phi) is 6.82. The van der Waals surface area contributed by atoms with Gasteiger partial charge in [-0.05, 0) is 55.8 Å². The van der Waals surface area contributed by atoms with Crippen LogP contribution in [0.1, 0.15) is 28.7 Å². The van der Waals surface area contributed by atoms with E-state index in [2.05, 4.69) is 49.5 Å². The van der Waals surface area contributed by atoms with Crippen LogP contribution in [0.15, 0.2) is 72.6 Å². The molecule has 2 N–H and O–H groups in total. The molecule has 0 aliphatic carbocycles. The Morgan fingerprint density at radius 1 is 1.03 bits per heavy atom. The van der Waals surface area contributed by atoms with E-state index in [1.165, 1.54) is 0 Å². The molecule has 0 amide bonds. The van der Waals surface area contributed by atoms with Gasteiger partial charge in [0.25, 0.3) is 0 Å². The maximum atomic E-state index is 11.9. The lowest BCUT2D eigenvalue weighted by Gasteiger charge is -2.29. The van der Waals surface area contributed by atoms with Gasteiger partial charge in [0.2, 0.25) is 0 Å². The largest absolute Gasteiger partial charge is 0.388 e. The molecule has 2 aromatic heterocycles. The number of benzene rings is 2. The third kappa shape index (κ3) is 4.73. The molecule has 0 spiro atoms. The van der Waals surface area contributed by atoms with Gasteiger partial charge < -0.3 is 15.5 Å². The Labute approximate surface area is 199 Å². The average Bonchev–Trinajstić information content (AvgIpc) is 2.86. The van der Waals surface area contributed by atoms with E-state index in [-0.39, 0.29) is 6.04 Å². The number of aromatic nitrogens is 3. The number of nitrogens with zero attached hydrogens (tertiary/aromatic N) is 4. The molecule has 0 radical (unpaired) electrons. The lowest BCUT2D eigenvalue weighted by molar-refractivity contribution is 0.112. The summed E-state index contributed by atoms with van der Waals surface area (Å²) in [5.41, 5.74) is 5.72. The van der Waals surface area contributed by atoms with Gasteiger partial charge in [-0.15, -0.1) is 0 Å². The predicted octanol–water partition coefficient (Wildman–Crippen LogP) is 5.17. The fraction of sp³-hybridized carbons (Fsp3) is 0.185. The molecule has 34 heavy (non-hydrogen) atoms. The third-order valence-corrected chi connectivity index (χ3v) is 5.72.